The van der Waals surface area contributed by atoms with E-state index in [2.05, 4.69) is 44.3 Å². The number of carbonyl (C=O) groups excluding carboxylic acids is 1. The lowest BCUT2D eigenvalue weighted by atomic mass is 10.0. The van der Waals surface area contributed by atoms with Crippen LogP contribution in [-0.4, -0.2) is 29.2 Å². The van der Waals surface area contributed by atoms with E-state index in [-0.39, 0.29) is 5.91 Å². The Morgan fingerprint density at radius 2 is 2.04 bits per heavy atom. The summed E-state index contributed by atoms with van der Waals surface area (Å²) < 4.78 is 3.21. The summed E-state index contributed by atoms with van der Waals surface area (Å²) in [6, 6.07) is 12.3. The number of amides is 1. The van der Waals surface area contributed by atoms with E-state index in [1.165, 1.54) is 0 Å². The zero-order chi connectivity index (χ0) is 16.2. The molecule has 3 rings (SSSR count). The highest BCUT2D eigenvalue weighted by atomic mass is 32.2. The highest BCUT2D eigenvalue weighted by molar-refractivity contribution is 7.99. The third kappa shape index (κ3) is 3.32. The molecule has 6 heteroatoms. The molecule has 5 nitrogen and oxygen atoms in total. The third-order valence-electron chi connectivity index (χ3n) is 3.63. The van der Waals surface area contributed by atoms with Crippen molar-refractivity contribution >= 4 is 34.6 Å². The van der Waals surface area contributed by atoms with Crippen LogP contribution in [0.25, 0.3) is 22.2 Å². The van der Waals surface area contributed by atoms with Crippen LogP contribution in [0.5, 0.6) is 0 Å². The second-order valence-corrected chi connectivity index (χ2v) is 5.76. The van der Waals surface area contributed by atoms with E-state index in [9.17, 15) is 4.79 Å². The number of benzene rings is 1. The first-order valence-electron chi connectivity index (χ1n) is 7.28. The summed E-state index contributed by atoms with van der Waals surface area (Å²) >= 11 is 1.57. The number of nitrogens with one attached hydrogen (secondary N) is 3. The van der Waals surface area contributed by atoms with Crippen molar-refractivity contribution < 1.29 is 4.79 Å². The Hall–Kier alpha value is -2.47. The maximum atomic E-state index is 11.6. The molecule has 0 unspecified atom stereocenters. The summed E-state index contributed by atoms with van der Waals surface area (Å²) in [4.78, 5) is 19.1. The van der Waals surface area contributed by atoms with Crippen LogP contribution in [0.1, 0.15) is 5.69 Å². The number of hydrogen-bond acceptors (Lipinski definition) is 4. The Balaban J connectivity index is 1.98. The smallest absolute Gasteiger partial charge is 0.225 e. The van der Waals surface area contributed by atoms with Crippen LogP contribution in [0.15, 0.2) is 42.6 Å². The number of aromatic nitrogens is 2. The number of nitrogens with zero attached hydrogens (tertiary/aromatic N) is 1. The lowest BCUT2D eigenvalue weighted by Crippen LogP contribution is -2.19. The maximum Gasteiger partial charge on any atom is 0.225 e. The van der Waals surface area contributed by atoms with Gasteiger partial charge in [-0.1, -0.05) is 24.1 Å². The number of rotatable bonds is 5. The van der Waals surface area contributed by atoms with Gasteiger partial charge in [0.1, 0.15) is 5.65 Å². The van der Waals surface area contributed by atoms with E-state index < -0.39 is 0 Å². The molecule has 1 aromatic carbocycles. The van der Waals surface area contributed by atoms with Crippen LogP contribution >= 0.6 is 11.9 Å². The van der Waals surface area contributed by atoms with Gasteiger partial charge in [-0.05, 0) is 35.4 Å². The second kappa shape index (κ2) is 6.75. The van der Waals surface area contributed by atoms with Crippen LogP contribution in [0.2, 0.25) is 0 Å². The Labute approximate surface area is 139 Å². The highest BCUT2D eigenvalue weighted by Gasteiger charge is 2.10. The molecule has 3 aromatic rings. The summed E-state index contributed by atoms with van der Waals surface area (Å²) in [5, 5.41) is 3.66. The van der Waals surface area contributed by atoms with Crippen LogP contribution in [0.4, 0.5) is 5.69 Å². The van der Waals surface area contributed by atoms with Gasteiger partial charge in [0.25, 0.3) is 0 Å². The summed E-state index contributed by atoms with van der Waals surface area (Å²) in [6.07, 6.45) is 4.10. The largest absolute Gasteiger partial charge is 0.359 e. The monoisotopic (exact) mass is 326 g/mol. The van der Waals surface area contributed by atoms with Crippen LogP contribution < -0.4 is 10.0 Å². The van der Waals surface area contributed by atoms with Gasteiger partial charge in [0.2, 0.25) is 5.91 Å². The molecule has 0 spiro atoms. The zero-order valence-electron chi connectivity index (χ0n) is 13.0. The summed E-state index contributed by atoms with van der Waals surface area (Å²) in [6.45, 7) is 0. The minimum absolute atomic E-state index is 0.0226. The van der Waals surface area contributed by atoms with Crippen molar-refractivity contribution in [1.82, 2.24) is 15.3 Å². The summed E-state index contributed by atoms with van der Waals surface area (Å²) in [5.41, 5.74) is 4.95. The van der Waals surface area contributed by atoms with Crippen LogP contribution in [0.3, 0.4) is 0 Å². The van der Waals surface area contributed by atoms with Crippen molar-refractivity contribution in [3.63, 3.8) is 0 Å². The molecule has 118 valence electrons. The molecule has 3 N–H and O–H groups in total. The first-order chi connectivity index (χ1) is 11.2. The van der Waals surface area contributed by atoms with Crippen molar-refractivity contribution in [3.05, 3.63) is 48.3 Å². The molecule has 0 aliphatic carbocycles. The predicted octanol–water partition coefficient (Wildman–Crippen LogP) is 3.21. The van der Waals surface area contributed by atoms with Crippen molar-refractivity contribution in [3.8, 4) is 11.1 Å². The van der Waals surface area contributed by atoms with E-state index in [0.717, 1.165) is 33.5 Å². The standard InChI is InChI=1S/C17H18N4OS/c1-18-16(22)10-13-9-15-14(7-8-19-17(15)20-13)11-3-5-12(6-4-11)21-23-2/h3-9,21H,10H2,1-2H3,(H,18,22)(H,19,20). The molecule has 2 aromatic heterocycles. The Kier molecular flexibility index (Phi) is 4.52. The fourth-order valence-electron chi connectivity index (χ4n) is 2.53. The summed E-state index contributed by atoms with van der Waals surface area (Å²) in [5.74, 6) is -0.0226. The average molecular weight is 326 g/mol. The molecule has 0 saturated heterocycles. The van der Waals surface area contributed by atoms with E-state index in [0.29, 0.717) is 6.42 Å². The predicted molar refractivity (Wildman–Crippen MR) is 96.4 cm³/mol. The fraction of sp³-hybridized carbons (Fsp3) is 0.176. The van der Waals surface area contributed by atoms with Gasteiger partial charge >= 0.3 is 0 Å². The third-order valence-corrected chi connectivity index (χ3v) is 4.07. The van der Waals surface area contributed by atoms with E-state index in [1.54, 1.807) is 25.2 Å². The van der Waals surface area contributed by atoms with Crippen molar-refractivity contribution in [2.24, 2.45) is 0 Å². The number of hydrogen-bond donors (Lipinski definition) is 3. The van der Waals surface area contributed by atoms with Gasteiger partial charge in [0.15, 0.2) is 0 Å². The molecule has 0 fully saturated rings. The van der Waals surface area contributed by atoms with E-state index >= 15 is 0 Å². The molecule has 0 saturated carbocycles. The number of H-pyrrole nitrogens is 1. The molecule has 23 heavy (non-hydrogen) atoms. The van der Waals surface area contributed by atoms with Crippen molar-refractivity contribution in [2.45, 2.75) is 6.42 Å². The van der Waals surface area contributed by atoms with Crippen molar-refractivity contribution in [1.29, 1.82) is 0 Å². The van der Waals surface area contributed by atoms with Gasteiger partial charge in [-0.15, -0.1) is 0 Å². The minimum Gasteiger partial charge on any atom is -0.359 e. The van der Waals surface area contributed by atoms with Gasteiger partial charge in [0, 0.05) is 36.3 Å². The molecule has 2 heterocycles. The molecular formula is C17H18N4OS. The normalized spacial score (nSPS) is 10.7. The number of pyridine rings is 1. The summed E-state index contributed by atoms with van der Waals surface area (Å²) in [7, 11) is 1.64. The van der Waals surface area contributed by atoms with Crippen LogP contribution in [-0.2, 0) is 11.2 Å². The lowest BCUT2D eigenvalue weighted by molar-refractivity contribution is -0.120. The van der Waals surface area contributed by atoms with Crippen molar-refractivity contribution in [2.75, 3.05) is 18.0 Å². The average Bonchev–Trinajstić information content (AvgIpc) is 2.98. The first-order valence-corrected chi connectivity index (χ1v) is 8.50. The molecule has 1 amide bonds. The first kappa shape index (κ1) is 15.4. The number of fused-ring (bicyclic) bond motifs is 1. The second-order valence-electron chi connectivity index (χ2n) is 5.15. The maximum absolute atomic E-state index is 11.6. The van der Waals surface area contributed by atoms with Gasteiger partial charge in [-0.2, -0.15) is 0 Å². The SMILES string of the molecule is CNC(=O)Cc1cc2c(-c3ccc(NSC)cc3)ccnc2[nH]1. The Morgan fingerprint density at radius 1 is 1.26 bits per heavy atom. The van der Waals surface area contributed by atoms with Crippen LogP contribution in [0, 0.1) is 0 Å². The molecule has 0 radical (unpaired) electrons. The van der Waals surface area contributed by atoms with E-state index in [4.69, 9.17) is 0 Å². The number of carbonyl (C=O) groups is 1. The Morgan fingerprint density at radius 3 is 2.74 bits per heavy atom. The number of anilines is 1. The fourth-order valence-corrected chi connectivity index (χ4v) is 2.90. The van der Waals surface area contributed by atoms with Gasteiger partial charge in [-0.3, -0.25) is 4.79 Å². The number of aromatic amines is 1. The molecule has 0 aliphatic rings. The topological polar surface area (TPSA) is 69.8 Å². The molecule has 0 aliphatic heterocycles. The molecule has 0 bridgehead atoms. The van der Waals surface area contributed by atoms with Gasteiger partial charge in [-0.25, -0.2) is 4.98 Å². The zero-order valence-corrected chi connectivity index (χ0v) is 13.8. The Bertz CT molecular complexity index is 826. The lowest BCUT2D eigenvalue weighted by Gasteiger charge is -2.06. The number of likely N-dealkylation sites (N-methyl/N-ethyl adjacent to an activating group) is 1. The molecular weight excluding hydrogens is 308 g/mol. The highest BCUT2D eigenvalue weighted by Crippen LogP contribution is 2.29. The van der Waals surface area contributed by atoms with Gasteiger partial charge < -0.3 is 15.0 Å². The minimum atomic E-state index is -0.0226. The molecule has 0 atom stereocenters. The quantitative estimate of drug-likeness (QED) is 0.630. The van der Waals surface area contributed by atoms with Gasteiger partial charge in [0.05, 0.1) is 6.42 Å². The van der Waals surface area contributed by atoms with E-state index in [1.807, 2.05) is 18.4 Å².